The third-order valence-electron chi connectivity index (χ3n) is 6.67. The molecule has 0 saturated heterocycles. The smallest absolute Gasteiger partial charge is 0.0669 e. The van der Waals surface area contributed by atoms with Gasteiger partial charge in [-0.05, 0) is 65.8 Å². The van der Waals surface area contributed by atoms with Crippen LogP contribution in [0.3, 0.4) is 0 Å². The van der Waals surface area contributed by atoms with Crippen LogP contribution in [-0.2, 0) is 0 Å². The SMILES string of the molecule is CCC(=N/C(=C\CC1=CC2CC2C=C1)c1ccccc1)c1ccc(-c2ccc(C)cc2)cc1. The highest BCUT2D eigenvalue weighted by Crippen LogP contribution is 2.44. The first-order valence-corrected chi connectivity index (χ1v) is 12.1. The van der Waals surface area contributed by atoms with Crippen LogP contribution >= 0.6 is 0 Å². The fourth-order valence-electron chi connectivity index (χ4n) is 4.51. The molecule has 0 bridgehead atoms. The highest BCUT2D eigenvalue weighted by molar-refractivity contribution is 6.03. The molecule has 2 unspecified atom stereocenters. The molecular formula is C32H31N. The lowest BCUT2D eigenvalue weighted by molar-refractivity contribution is 0.953. The number of nitrogens with zero attached hydrogens (tertiary/aromatic N) is 1. The first kappa shape index (κ1) is 21.4. The van der Waals surface area contributed by atoms with Crippen LogP contribution < -0.4 is 0 Å². The second-order valence-electron chi connectivity index (χ2n) is 9.18. The van der Waals surface area contributed by atoms with E-state index in [2.05, 4.69) is 117 Å². The van der Waals surface area contributed by atoms with Gasteiger partial charge in [-0.2, -0.15) is 0 Å². The predicted molar refractivity (Wildman–Crippen MR) is 141 cm³/mol. The average molecular weight is 430 g/mol. The third-order valence-corrected chi connectivity index (χ3v) is 6.67. The van der Waals surface area contributed by atoms with Crippen LogP contribution in [0.1, 0.15) is 42.9 Å². The molecule has 1 nitrogen and oxygen atoms in total. The summed E-state index contributed by atoms with van der Waals surface area (Å²) in [6.07, 6.45) is 12.6. The van der Waals surface area contributed by atoms with Crippen molar-refractivity contribution in [3.63, 3.8) is 0 Å². The van der Waals surface area contributed by atoms with Crippen LogP contribution in [0.15, 0.2) is 114 Å². The van der Waals surface area contributed by atoms with Crippen molar-refractivity contribution in [2.45, 2.75) is 33.1 Å². The first-order chi connectivity index (χ1) is 16.2. The number of rotatable bonds is 7. The molecule has 0 aliphatic heterocycles. The molecule has 0 spiro atoms. The van der Waals surface area contributed by atoms with Crippen molar-refractivity contribution in [3.8, 4) is 11.1 Å². The molecule has 3 aromatic carbocycles. The minimum Gasteiger partial charge on any atom is -0.253 e. The Balaban J connectivity index is 1.43. The Bertz CT molecular complexity index is 1220. The monoisotopic (exact) mass is 429 g/mol. The van der Waals surface area contributed by atoms with E-state index in [4.69, 9.17) is 4.99 Å². The van der Waals surface area contributed by atoms with E-state index < -0.39 is 0 Å². The van der Waals surface area contributed by atoms with Crippen molar-refractivity contribution in [2.75, 3.05) is 0 Å². The summed E-state index contributed by atoms with van der Waals surface area (Å²) in [5.74, 6) is 1.58. The van der Waals surface area contributed by atoms with E-state index in [0.29, 0.717) is 0 Å². The van der Waals surface area contributed by atoms with Crippen LogP contribution in [0.2, 0.25) is 0 Å². The quantitative estimate of drug-likeness (QED) is 0.334. The van der Waals surface area contributed by atoms with Crippen LogP contribution in [-0.4, -0.2) is 5.71 Å². The lowest BCUT2D eigenvalue weighted by Gasteiger charge is -2.10. The summed E-state index contributed by atoms with van der Waals surface area (Å²) in [4.78, 5) is 5.19. The normalized spacial score (nSPS) is 19.8. The lowest BCUT2D eigenvalue weighted by Crippen LogP contribution is -2.00. The van der Waals surface area contributed by atoms with Gasteiger partial charge >= 0.3 is 0 Å². The van der Waals surface area contributed by atoms with Gasteiger partial charge in [-0.3, -0.25) is 4.99 Å². The zero-order valence-corrected chi connectivity index (χ0v) is 19.5. The zero-order chi connectivity index (χ0) is 22.6. The van der Waals surface area contributed by atoms with Crippen LogP contribution in [0.5, 0.6) is 0 Å². The molecule has 2 aliphatic rings. The van der Waals surface area contributed by atoms with E-state index >= 15 is 0 Å². The lowest BCUT2D eigenvalue weighted by atomic mass is 10.00. The summed E-state index contributed by atoms with van der Waals surface area (Å²) < 4.78 is 0. The van der Waals surface area contributed by atoms with E-state index in [1.54, 1.807) is 0 Å². The summed E-state index contributed by atoms with van der Waals surface area (Å²) in [7, 11) is 0. The Kier molecular flexibility index (Phi) is 6.21. The summed E-state index contributed by atoms with van der Waals surface area (Å²) in [6, 6.07) is 28.1. The number of fused-ring (bicyclic) bond motifs is 1. The van der Waals surface area contributed by atoms with Crippen molar-refractivity contribution in [1.29, 1.82) is 0 Å². The van der Waals surface area contributed by atoms with Crippen LogP contribution in [0, 0.1) is 18.8 Å². The Labute approximate surface area is 197 Å². The van der Waals surface area contributed by atoms with Crippen LogP contribution in [0.4, 0.5) is 0 Å². The van der Waals surface area contributed by atoms with E-state index in [1.165, 1.54) is 39.8 Å². The topological polar surface area (TPSA) is 12.4 Å². The number of allylic oxidation sites excluding steroid dienone is 5. The molecule has 164 valence electrons. The maximum Gasteiger partial charge on any atom is 0.0669 e. The summed E-state index contributed by atoms with van der Waals surface area (Å²) in [5.41, 5.74) is 9.72. The third kappa shape index (κ3) is 5.14. The first-order valence-electron chi connectivity index (χ1n) is 12.1. The van der Waals surface area contributed by atoms with Crippen LogP contribution in [0.25, 0.3) is 16.8 Å². The standard InChI is InChI=1S/C32H31N/c1-3-31(28-18-16-26(17-19-28)25-13-9-23(2)10-14-25)33-32(27-7-5-4-6-8-27)20-12-24-11-15-29-22-30(29)21-24/h4-11,13-21,29-30H,3,12,22H2,1-2H3/b32-20-,33-31?. The van der Waals surface area contributed by atoms with Gasteiger partial charge in [-0.15, -0.1) is 0 Å². The minimum atomic E-state index is 0.778. The Morgan fingerprint density at radius 3 is 2.21 bits per heavy atom. The molecule has 1 saturated carbocycles. The number of hydrogen-bond donors (Lipinski definition) is 0. The molecule has 3 aromatic rings. The van der Waals surface area contributed by atoms with E-state index in [9.17, 15) is 0 Å². The Morgan fingerprint density at radius 2 is 1.55 bits per heavy atom. The van der Waals surface area contributed by atoms with Gasteiger partial charge in [0, 0.05) is 5.71 Å². The molecule has 0 N–H and O–H groups in total. The minimum absolute atomic E-state index is 0.778. The molecule has 5 rings (SSSR count). The summed E-state index contributed by atoms with van der Waals surface area (Å²) in [6.45, 7) is 4.31. The fraction of sp³-hybridized carbons (Fsp3) is 0.219. The molecule has 0 radical (unpaired) electrons. The number of hydrogen-bond acceptors (Lipinski definition) is 1. The van der Waals surface area contributed by atoms with Crippen molar-refractivity contribution in [3.05, 3.63) is 125 Å². The molecule has 0 heterocycles. The highest BCUT2D eigenvalue weighted by Gasteiger charge is 2.34. The maximum absolute atomic E-state index is 5.19. The number of aryl methyl sites for hydroxylation is 1. The molecule has 33 heavy (non-hydrogen) atoms. The fourth-order valence-corrected chi connectivity index (χ4v) is 4.51. The van der Waals surface area contributed by atoms with Crippen molar-refractivity contribution < 1.29 is 0 Å². The van der Waals surface area contributed by atoms with Crippen molar-refractivity contribution >= 4 is 11.4 Å². The van der Waals surface area contributed by atoms with Gasteiger partial charge in [0.25, 0.3) is 0 Å². The molecule has 1 heteroatoms. The van der Waals surface area contributed by atoms with Gasteiger partial charge in [0.2, 0.25) is 0 Å². The van der Waals surface area contributed by atoms with Crippen molar-refractivity contribution in [1.82, 2.24) is 0 Å². The number of benzene rings is 3. The Hall–Kier alpha value is -3.45. The molecule has 2 aliphatic carbocycles. The zero-order valence-electron chi connectivity index (χ0n) is 19.5. The Morgan fingerprint density at radius 1 is 0.848 bits per heavy atom. The van der Waals surface area contributed by atoms with E-state index in [-0.39, 0.29) is 0 Å². The molecule has 2 atom stereocenters. The molecular weight excluding hydrogens is 398 g/mol. The highest BCUT2D eigenvalue weighted by atomic mass is 14.8. The van der Waals surface area contributed by atoms with Gasteiger partial charge in [-0.1, -0.05) is 116 Å². The van der Waals surface area contributed by atoms with Gasteiger partial charge in [0.15, 0.2) is 0 Å². The molecule has 0 aromatic heterocycles. The average Bonchev–Trinajstić information content (AvgIpc) is 3.64. The van der Waals surface area contributed by atoms with Gasteiger partial charge in [0.05, 0.1) is 5.70 Å². The second-order valence-corrected chi connectivity index (χ2v) is 9.18. The largest absolute Gasteiger partial charge is 0.253 e. The number of aliphatic imine (C=N–C) groups is 1. The predicted octanol–water partition coefficient (Wildman–Crippen LogP) is 8.42. The van der Waals surface area contributed by atoms with Crippen molar-refractivity contribution in [2.24, 2.45) is 16.8 Å². The molecule has 1 fully saturated rings. The van der Waals surface area contributed by atoms with E-state index in [1.807, 2.05) is 0 Å². The second kappa shape index (κ2) is 9.58. The van der Waals surface area contributed by atoms with Gasteiger partial charge in [0.1, 0.15) is 0 Å². The molecule has 0 amide bonds. The summed E-state index contributed by atoms with van der Waals surface area (Å²) in [5, 5.41) is 0. The maximum atomic E-state index is 5.19. The van der Waals surface area contributed by atoms with E-state index in [0.717, 1.165) is 36.1 Å². The summed E-state index contributed by atoms with van der Waals surface area (Å²) >= 11 is 0. The van der Waals surface area contributed by atoms with Gasteiger partial charge < -0.3 is 0 Å². The van der Waals surface area contributed by atoms with Gasteiger partial charge in [-0.25, -0.2) is 0 Å².